The number of aromatic nitrogens is 1. The Bertz CT molecular complexity index is 643. The lowest BCUT2D eigenvalue weighted by atomic mass is 10.0. The minimum absolute atomic E-state index is 0.140. The number of carboxylic acid groups (broad SMARTS) is 1. The summed E-state index contributed by atoms with van der Waals surface area (Å²) in [5, 5.41) is 19.5. The summed E-state index contributed by atoms with van der Waals surface area (Å²) < 4.78 is 2.07. The third kappa shape index (κ3) is 3.27. The molecule has 0 atom stereocenters. The van der Waals surface area contributed by atoms with Gasteiger partial charge in [-0.1, -0.05) is 13.3 Å². The molecule has 0 amide bonds. The SMILES string of the molecule is CCCCc1cn(CCCO)c2cc(C(=O)O)c(C)cc12. The topological polar surface area (TPSA) is 62.5 Å². The zero-order valence-electron chi connectivity index (χ0n) is 12.7. The van der Waals surface area contributed by atoms with Crippen molar-refractivity contribution in [3.8, 4) is 0 Å². The summed E-state index contributed by atoms with van der Waals surface area (Å²) >= 11 is 0. The second kappa shape index (κ2) is 6.76. The maximum atomic E-state index is 11.3. The van der Waals surface area contributed by atoms with E-state index in [1.54, 1.807) is 6.07 Å². The zero-order chi connectivity index (χ0) is 15.4. The van der Waals surface area contributed by atoms with Crippen LogP contribution in [0.25, 0.3) is 10.9 Å². The number of rotatable bonds is 7. The molecule has 1 heterocycles. The molecule has 0 saturated carbocycles. The number of carboxylic acids is 1. The minimum Gasteiger partial charge on any atom is -0.478 e. The van der Waals surface area contributed by atoms with E-state index in [2.05, 4.69) is 17.7 Å². The highest BCUT2D eigenvalue weighted by Crippen LogP contribution is 2.27. The van der Waals surface area contributed by atoms with Crippen LogP contribution >= 0.6 is 0 Å². The van der Waals surface area contributed by atoms with Gasteiger partial charge in [0.25, 0.3) is 0 Å². The van der Waals surface area contributed by atoms with Gasteiger partial charge in [-0.25, -0.2) is 4.79 Å². The van der Waals surface area contributed by atoms with Gasteiger partial charge in [0.2, 0.25) is 0 Å². The molecular weight excluding hydrogens is 266 g/mol. The van der Waals surface area contributed by atoms with Crippen LogP contribution in [0, 0.1) is 6.92 Å². The molecule has 114 valence electrons. The molecule has 0 bridgehead atoms. The second-order valence-corrected chi connectivity index (χ2v) is 5.52. The highest BCUT2D eigenvalue weighted by molar-refractivity contribution is 5.96. The van der Waals surface area contributed by atoms with Gasteiger partial charge in [-0.15, -0.1) is 0 Å². The molecule has 0 fully saturated rings. The first-order valence-corrected chi connectivity index (χ1v) is 7.55. The Morgan fingerprint density at radius 2 is 2.05 bits per heavy atom. The van der Waals surface area contributed by atoms with Crippen LogP contribution in [0.2, 0.25) is 0 Å². The molecule has 0 radical (unpaired) electrons. The molecule has 0 aliphatic heterocycles. The van der Waals surface area contributed by atoms with Crippen molar-refractivity contribution in [2.24, 2.45) is 0 Å². The van der Waals surface area contributed by atoms with Gasteiger partial charge >= 0.3 is 5.97 Å². The summed E-state index contributed by atoms with van der Waals surface area (Å²) in [4.78, 5) is 11.3. The molecule has 2 aromatic rings. The first kappa shape index (κ1) is 15.6. The van der Waals surface area contributed by atoms with Gasteiger partial charge in [-0.05, 0) is 49.4 Å². The van der Waals surface area contributed by atoms with Crippen LogP contribution in [-0.4, -0.2) is 27.4 Å². The first-order valence-electron chi connectivity index (χ1n) is 7.55. The number of hydrogen-bond acceptors (Lipinski definition) is 2. The molecule has 1 aromatic heterocycles. The number of hydrogen-bond donors (Lipinski definition) is 2. The molecule has 2 rings (SSSR count). The van der Waals surface area contributed by atoms with E-state index in [1.807, 2.05) is 13.0 Å². The van der Waals surface area contributed by atoms with Crippen molar-refractivity contribution >= 4 is 16.9 Å². The van der Waals surface area contributed by atoms with E-state index < -0.39 is 5.97 Å². The number of aromatic carboxylic acids is 1. The van der Waals surface area contributed by atoms with E-state index >= 15 is 0 Å². The maximum Gasteiger partial charge on any atom is 0.336 e. The fourth-order valence-corrected chi connectivity index (χ4v) is 2.74. The number of aliphatic hydroxyl groups excluding tert-OH is 1. The lowest BCUT2D eigenvalue weighted by molar-refractivity contribution is 0.0696. The van der Waals surface area contributed by atoms with Gasteiger partial charge in [0.15, 0.2) is 0 Å². The molecule has 0 aliphatic rings. The fraction of sp³-hybridized carbons (Fsp3) is 0.471. The predicted octanol–water partition coefficient (Wildman–Crippen LogP) is 3.37. The molecule has 2 N–H and O–H groups in total. The van der Waals surface area contributed by atoms with Crippen LogP contribution in [0.5, 0.6) is 0 Å². The Kier molecular flexibility index (Phi) is 5.02. The average Bonchev–Trinajstić information content (AvgIpc) is 2.78. The summed E-state index contributed by atoms with van der Waals surface area (Å²) in [5.41, 5.74) is 3.38. The van der Waals surface area contributed by atoms with Crippen LogP contribution in [0.4, 0.5) is 0 Å². The van der Waals surface area contributed by atoms with E-state index in [1.165, 1.54) is 5.56 Å². The van der Waals surface area contributed by atoms with Crippen molar-refractivity contribution in [1.82, 2.24) is 4.57 Å². The molecule has 4 heteroatoms. The molecule has 21 heavy (non-hydrogen) atoms. The monoisotopic (exact) mass is 289 g/mol. The number of nitrogens with zero attached hydrogens (tertiary/aromatic N) is 1. The summed E-state index contributed by atoms with van der Waals surface area (Å²) in [6, 6.07) is 3.75. The van der Waals surface area contributed by atoms with Gasteiger partial charge in [0.1, 0.15) is 0 Å². The minimum atomic E-state index is -0.889. The molecular formula is C17H23NO3. The quantitative estimate of drug-likeness (QED) is 0.821. The fourth-order valence-electron chi connectivity index (χ4n) is 2.74. The standard InChI is InChI=1S/C17H23NO3/c1-3-4-6-13-11-18(7-5-8-19)16-10-14(17(20)21)12(2)9-15(13)16/h9-11,19H,3-8H2,1-2H3,(H,20,21). The molecule has 0 saturated heterocycles. The molecule has 1 aromatic carbocycles. The first-order chi connectivity index (χ1) is 10.1. The number of benzene rings is 1. The lowest BCUT2D eigenvalue weighted by Crippen LogP contribution is -2.02. The Labute approximate surface area is 125 Å². The van der Waals surface area contributed by atoms with Crippen molar-refractivity contribution in [2.75, 3.05) is 6.61 Å². The van der Waals surface area contributed by atoms with Gasteiger partial charge in [0, 0.05) is 30.3 Å². The molecule has 4 nitrogen and oxygen atoms in total. The normalized spacial score (nSPS) is 11.2. The molecule has 0 spiro atoms. The van der Waals surface area contributed by atoms with Crippen molar-refractivity contribution in [3.63, 3.8) is 0 Å². The van der Waals surface area contributed by atoms with Crippen molar-refractivity contribution in [1.29, 1.82) is 0 Å². The number of carbonyl (C=O) groups is 1. The zero-order valence-corrected chi connectivity index (χ0v) is 12.7. The smallest absolute Gasteiger partial charge is 0.336 e. The summed E-state index contributed by atoms with van der Waals surface area (Å²) in [5.74, 6) is -0.889. The van der Waals surface area contributed by atoms with Crippen LogP contribution in [0.3, 0.4) is 0 Å². The average molecular weight is 289 g/mol. The van der Waals surface area contributed by atoms with E-state index in [4.69, 9.17) is 5.11 Å². The van der Waals surface area contributed by atoms with E-state index in [-0.39, 0.29) is 6.61 Å². The van der Waals surface area contributed by atoms with Crippen molar-refractivity contribution in [3.05, 3.63) is 35.0 Å². The molecule has 0 aliphatic carbocycles. The van der Waals surface area contributed by atoms with E-state index in [0.29, 0.717) is 18.5 Å². The highest BCUT2D eigenvalue weighted by Gasteiger charge is 2.14. The van der Waals surface area contributed by atoms with Crippen LogP contribution < -0.4 is 0 Å². The number of aliphatic hydroxyl groups is 1. The Balaban J connectivity index is 2.54. The van der Waals surface area contributed by atoms with Crippen molar-refractivity contribution < 1.29 is 15.0 Å². The maximum absolute atomic E-state index is 11.3. The van der Waals surface area contributed by atoms with E-state index in [9.17, 15) is 9.90 Å². The Hall–Kier alpha value is -1.81. The summed E-state index contributed by atoms with van der Waals surface area (Å²) in [6.07, 6.45) is 6.05. The summed E-state index contributed by atoms with van der Waals surface area (Å²) in [7, 11) is 0. The number of unbranched alkanes of at least 4 members (excludes halogenated alkanes) is 1. The number of fused-ring (bicyclic) bond motifs is 1. The Morgan fingerprint density at radius 1 is 1.29 bits per heavy atom. The van der Waals surface area contributed by atoms with Gasteiger partial charge in [-0.3, -0.25) is 0 Å². The lowest BCUT2D eigenvalue weighted by Gasteiger charge is -2.06. The third-order valence-electron chi connectivity index (χ3n) is 3.90. The third-order valence-corrected chi connectivity index (χ3v) is 3.90. The summed E-state index contributed by atoms with van der Waals surface area (Å²) in [6.45, 7) is 4.86. The van der Waals surface area contributed by atoms with Crippen LogP contribution in [0.15, 0.2) is 18.3 Å². The van der Waals surface area contributed by atoms with Gasteiger partial charge in [0.05, 0.1) is 5.56 Å². The largest absolute Gasteiger partial charge is 0.478 e. The predicted molar refractivity (Wildman–Crippen MR) is 83.9 cm³/mol. The van der Waals surface area contributed by atoms with Gasteiger partial charge in [-0.2, -0.15) is 0 Å². The second-order valence-electron chi connectivity index (χ2n) is 5.52. The van der Waals surface area contributed by atoms with Crippen molar-refractivity contribution in [2.45, 2.75) is 46.1 Å². The van der Waals surface area contributed by atoms with Crippen LogP contribution in [-0.2, 0) is 13.0 Å². The van der Waals surface area contributed by atoms with Crippen LogP contribution in [0.1, 0.15) is 47.7 Å². The number of aryl methyl sites for hydroxylation is 3. The highest BCUT2D eigenvalue weighted by atomic mass is 16.4. The van der Waals surface area contributed by atoms with Gasteiger partial charge < -0.3 is 14.8 Å². The Morgan fingerprint density at radius 3 is 2.67 bits per heavy atom. The molecule has 0 unspecified atom stereocenters. The van der Waals surface area contributed by atoms with E-state index in [0.717, 1.165) is 35.7 Å².